The Morgan fingerprint density at radius 1 is 1.37 bits per heavy atom. The molecule has 1 N–H and O–H groups in total. The van der Waals surface area contributed by atoms with Gasteiger partial charge in [0.1, 0.15) is 5.60 Å². The van der Waals surface area contributed by atoms with Crippen molar-refractivity contribution in [3.05, 3.63) is 0 Å². The number of piperidine rings is 1. The SMILES string of the molecule is CCC(CC)NC1CCCN(C(=O)OC(C)(C)C)C1. The minimum Gasteiger partial charge on any atom is -0.444 e. The van der Waals surface area contributed by atoms with Crippen LogP contribution in [0.1, 0.15) is 60.3 Å². The van der Waals surface area contributed by atoms with E-state index in [2.05, 4.69) is 19.2 Å². The smallest absolute Gasteiger partial charge is 0.410 e. The minimum atomic E-state index is -0.410. The molecule has 0 aromatic rings. The van der Waals surface area contributed by atoms with Crippen LogP contribution >= 0.6 is 0 Å². The molecule has 1 saturated heterocycles. The highest BCUT2D eigenvalue weighted by atomic mass is 16.6. The summed E-state index contributed by atoms with van der Waals surface area (Å²) < 4.78 is 5.44. The Morgan fingerprint density at radius 2 is 2.00 bits per heavy atom. The van der Waals surface area contributed by atoms with Gasteiger partial charge in [-0.2, -0.15) is 0 Å². The lowest BCUT2D eigenvalue weighted by Crippen LogP contribution is -2.51. The van der Waals surface area contributed by atoms with Gasteiger partial charge in [-0.25, -0.2) is 4.79 Å². The summed E-state index contributed by atoms with van der Waals surface area (Å²) in [6.45, 7) is 11.7. The molecule has 0 aliphatic carbocycles. The van der Waals surface area contributed by atoms with Crippen molar-refractivity contribution in [2.24, 2.45) is 0 Å². The van der Waals surface area contributed by atoms with Crippen LogP contribution in [0.25, 0.3) is 0 Å². The second-order valence-corrected chi connectivity index (χ2v) is 6.45. The zero-order valence-corrected chi connectivity index (χ0v) is 13.2. The fraction of sp³-hybridized carbons (Fsp3) is 0.933. The van der Waals surface area contributed by atoms with Gasteiger partial charge in [0, 0.05) is 25.2 Å². The Labute approximate surface area is 117 Å². The van der Waals surface area contributed by atoms with E-state index in [1.165, 1.54) is 0 Å². The summed E-state index contributed by atoms with van der Waals surface area (Å²) in [6.07, 6.45) is 4.30. The number of carbonyl (C=O) groups excluding carboxylic acids is 1. The molecule has 1 amide bonds. The highest BCUT2D eigenvalue weighted by molar-refractivity contribution is 5.68. The van der Waals surface area contributed by atoms with Gasteiger partial charge in [-0.15, -0.1) is 0 Å². The molecule has 4 heteroatoms. The molecule has 1 atom stereocenters. The van der Waals surface area contributed by atoms with Gasteiger partial charge in [-0.05, 0) is 46.5 Å². The lowest BCUT2D eigenvalue weighted by Gasteiger charge is -2.36. The third kappa shape index (κ3) is 5.81. The third-order valence-electron chi connectivity index (χ3n) is 3.53. The Hall–Kier alpha value is -0.770. The van der Waals surface area contributed by atoms with Crippen LogP contribution in [-0.4, -0.2) is 41.8 Å². The molecule has 0 spiro atoms. The number of likely N-dealkylation sites (tertiary alicyclic amines) is 1. The van der Waals surface area contributed by atoms with Crippen molar-refractivity contribution in [3.63, 3.8) is 0 Å². The molecule has 0 aromatic carbocycles. The molecule has 0 bridgehead atoms. The number of rotatable bonds is 4. The molecule has 0 aromatic heterocycles. The minimum absolute atomic E-state index is 0.177. The topological polar surface area (TPSA) is 41.6 Å². The molecule has 0 radical (unpaired) electrons. The number of hydrogen-bond acceptors (Lipinski definition) is 3. The molecule has 112 valence electrons. The van der Waals surface area contributed by atoms with Crippen molar-refractivity contribution in [2.75, 3.05) is 13.1 Å². The first kappa shape index (κ1) is 16.3. The van der Waals surface area contributed by atoms with Crippen LogP contribution in [0.2, 0.25) is 0 Å². The van der Waals surface area contributed by atoms with Crippen molar-refractivity contribution in [3.8, 4) is 0 Å². The summed E-state index contributed by atoms with van der Waals surface area (Å²) in [5.74, 6) is 0. The molecular formula is C15H30N2O2. The Morgan fingerprint density at radius 3 is 2.53 bits per heavy atom. The fourth-order valence-corrected chi connectivity index (χ4v) is 2.46. The summed E-state index contributed by atoms with van der Waals surface area (Å²) in [6, 6.07) is 0.967. The van der Waals surface area contributed by atoms with Gasteiger partial charge >= 0.3 is 6.09 Å². The van der Waals surface area contributed by atoms with Gasteiger partial charge in [0.15, 0.2) is 0 Å². The molecule has 1 rings (SSSR count). The highest BCUT2D eigenvalue weighted by Crippen LogP contribution is 2.16. The van der Waals surface area contributed by atoms with E-state index >= 15 is 0 Å². The van der Waals surface area contributed by atoms with Crippen molar-refractivity contribution in [1.29, 1.82) is 0 Å². The molecule has 1 aliphatic heterocycles. The number of nitrogens with one attached hydrogen (secondary N) is 1. The first-order valence-electron chi connectivity index (χ1n) is 7.59. The zero-order valence-electron chi connectivity index (χ0n) is 13.2. The Balaban J connectivity index is 2.47. The van der Waals surface area contributed by atoms with E-state index in [1.54, 1.807) is 0 Å². The van der Waals surface area contributed by atoms with Gasteiger partial charge < -0.3 is 15.0 Å². The second-order valence-electron chi connectivity index (χ2n) is 6.45. The van der Waals surface area contributed by atoms with Crippen LogP contribution in [0.15, 0.2) is 0 Å². The number of hydrogen-bond donors (Lipinski definition) is 1. The Kier molecular flexibility index (Phi) is 6.11. The van der Waals surface area contributed by atoms with Crippen LogP contribution in [-0.2, 0) is 4.74 Å². The number of carbonyl (C=O) groups is 1. The van der Waals surface area contributed by atoms with Gasteiger partial charge in [-0.3, -0.25) is 0 Å². The van der Waals surface area contributed by atoms with E-state index in [-0.39, 0.29) is 6.09 Å². The highest BCUT2D eigenvalue weighted by Gasteiger charge is 2.28. The van der Waals surface area contributed by atoms with Crippen LogP contribution in [0, 0.1) is 0 Å². The normalized spacial score (nSPS) is 20.7. The van der Waals surface area contributed by atoms with Crippen molar-refractivity contribution in [2.45, 2.75) is 78.0 Å². The standard InChI is InChI=1S/C15H30N2O2/c1-6-12(7-2)16-13-9-8-10-17(11-13)14(18)19-15(3,4)5/h12-13,16H,6-11H2,1-5H3. The van der Waals surface area contributed by atoms with E-state index in [1.807, 2.05) is 25.7 Å². The van der Waals surface area contributed by atoms with Gasteiger partial charge in [0.2, 0.25) is 0 Å². The largest absolute Gasteiger partial charge is 0.444 e. The van der Waals surface area contributed by atoms with Crippen LogP contribution < -0.4 is 5.32 Å². The maximum absolute atomic E-state index is 12.1. The molecule has 19 heavy (non-hydrogen) atoms. The summed E-state index contributed by atoms with van der Waals surface area (Å²) in [7, 11) is 0. The average Bonchev–Trinajstić information content (AvgIpc) is 2.34. The van der Waals surface area contributed by atoms with Gasteiger partial charge in [0.25, 0.3) is 0 Å². The predicted octanol–water partition coefficient (Wildman–Crippen LogP) is 3.16. The van der Waals surface area contributed by atoms with E-state index in [0.717, 1.165) is 38.8 Å². The quantitative estimate of drug-likeness (QED) is 0.853. The van der Waals surface area contributed by atoms with Crippen LogP contribution in [0.5, 0.6) is 0 Å². The number of ether oxygens (including phenoxy) is 1. The first-order valence-corrected chi connectivity index (χ1v) is 7.59. The zero-order chi connectivity index (χ0) is 14.5. The van der Waals surface area contributed by atoms with Crippen LogP contribution in [0.3, 0.4) is 0 Å². The van der Waals surface area contributed by atoms with Crippen molar-refractivity contribution >= 4 is 6.09 Å². The monoisotopic (exact) mass is 270 g/mol. The molecule has 1 aliphatic rings. The van der Waals surface area contributed by atoms with Crippen LogP contribution in [0.4, 0.5) is 4.79 Å². The number of amides is 1. The summed E-state index contributed by atoms with van der Waals surface area (Å²) in [4.78, 5) is 13.9. The van der Waals surface area contributed by atoms with E-state index in [0.29, 0.717) is 12.1 Å². The van der Waals surface area contributed by atoms with Crippen molar-refractivity contribution in [1.82, 2.24) is 10.2 Å². The third-order valence-corrected chi connectivity index (χ3v) is 3.53. The van der Waals surface area contributed by atoms with E-state index in [9.17, 15) is 4.79 Å². The molecule has 1 heterocycles. The maximum Gasteiger partial charge on any atom is 0.410 e. The fourth-order valence-electron chi connectivity index (χ4n) is 2.46. The van der Waals surface area contributed by atoms with E-state index < -0.39 is 5.60 Å². The summed E-state index contributed by atoms with van der Waals surface area (Å²) >= 11 is 0. The molecule has 1 unspecified atom stereocenters. The second kappa shape index (κ2) is 7.13. The molecular weight excluding hydrogens is 240 g/mol. The first-order chi connectivity index (χ1) is 8.85. The lowest BCUT2D eigenvalue weighted by atomic mass is 10.0. The molecule has 0 saturated carbocycles. The number of nitrogens with zero attached hydrogens (tertiary/aromatic N) is 1. The summed E-state index contributed by atoms with van der Waals surface area (Å²) in [5.41, 5.74) is -0.410. The average molecular weight is 270 g/mol. The summed E-state index contributed by atoms with van der Waals surface area (Å²) in [5, 5.41) is 3.65. The maximum atomic E-state index is 12.1. The predicted molar refractivity (Wildman–Crippen MR) is 78.3 cm³/mol. The Bertz CT molecular complexity index is 282. The van der Waals surface area contributed by atoms with Crippen molar-refractivity contribution < 1.29 is 9.53 Å². The lowest BCUT2D eigenvalue weighted by molar-refractivity contribution is 0.0183. The molecule has 4 nitrogen and oxygen atoms in total. The molecule has 1 fully saturated rings. The van der Waals surface area contributed by atoms with Gasteiger partial charge in [-0.1, -0.05) is 13.8 Å². The van der Waals surface area contributed by atoms with Gasteiger partial charge in [0.05, 0.1) is 0 Å². The van der Waals surface area contributed by atoms with E-state index in [4.69, 9.17) is 4.74 Å².